The van der Waals surface area contributed by atoms with Gasteiger partial charge in [0, 0.05) is 36.7 Å². The van der Waals surface area contributed by atoms with Crippen LogP contribution in [0, 0.1) is 0 Å². The Morgan fingerprint density at radius 3 is 2.76 bits per heavy atom. The van der Waals surface area contributed by atoms with E-state index in [9.17, 15) is 9.90 Å². The second kappa shape index (κ2) is 4.24. The number of aromatic nitrogens is 1. The quantitative estimate of drug-likeness (QED) is 0.885. The maximum atomic E-state index is 11.3. The van der Waals surface area contributed by atoms with Gasteiger partial charge in [-0.05, 0) is 18.8 Å². The third-order valence-corrected chi connectivity index (χ3v) is 5.06. The molecule has 1 aromatic heterocycles. The van der Waals surface area contributed by atoms with Gasteiger partial charge in [0.25, 0.3) is 0 Å². The summed E-state index contributed by atoms with van der Waals surface area (Å²) in [7, 11) is 2.03. The number of nitrogens with two attached hydrogens (primary N) is 1. The van der Waals surface area contributed by atoms with Crippen LogP contribution in [0.1, 0.15) is 35.9 Å². The number of benzene rings is 1. The van der Waals surface area contributed by atoms with E-state index < -0.39 is 12.0 Å². The number of hydrogen-bond acceptors (Lipinski definition) is 3. The first kappa shape index (κ1) is 12.7. The summed E-state index contributed by atoms with van der Waals surface area (Å²) >= 11 is 0. The first-order chi connectivity index (χ1) is 10.1. The second-order valence-corrected chi connectivity index (χ2v) is 6.12. The highest BCUT2D eigenvalue weighted by Gasteiger charge is 2.36. The lowest BCUT2D eigenvalue weighted by Gasteiger charge is -2.41. The van der Waals surface area contributed by atoms with Crippen LogP contribution in [0.15, 0.2) is 18.2 Å². The molecule has 3 N–H and O–H groups in total. The molecule has 110 valence electrons. The Hall–Kier alpha value is -2.01. The van der Waals surface area contributed by atoms with Gasteiger partial charge in [0.1, 0.15) is 11.9 Å². The Morgan fingerprint density at radius 1 is 1.38 bits per heavy atom. The molecule has 21 heavy (non-hydrogen) atoms. The molecule has 0 saturated carbocycles. The molecule has 1 fully saturated rings. The molecule has 0 radical (unpaired) electrons. The molecule has 5 nitrogen and oxygen atoms in total. The largest absolute Gasteiger partial charge is 0.480 e. The number of aliphatic carboxylic acids is 1. The zero-order chi connectivity index (χ0) is 14.7. The van der Waals surface area contributed by atoms with E-state index in [4.69, 9.17) is 5.73 Å². The molecule has 0 amide bonds. The third kappa shape index (κ3) is 1.58. The van der Waals surface area contributed by atoms with Gasteiger partial charge in [-0.3, -0.25) is 4.79 Å². The highest BCUT2D eigenvalue weighted by molar-refractivity contribution is 5.96. The monoisotopic (exact) mass is 285 g/mol. The molecular weight excluding hydrogens is 266 g/mol. The summed E-state index contributed by atoms with van der Waals surface area (Å²) in [5.41, 5.74) is 8.97. The highest BCUT2D eigenvalue weighted by atomic mass is 16.4. The number of nitrogens with zero attached hydrogens (tertiary/aromatic N) is 2. The lowest BCUT2D eigenvalue weighted by atomic mass is 9.84. The number of carbonyl (C=O) groups is 1. The van der Waals surface area contributed by atoms with Crippen LogP contribution in [0.4, 0.5) is 5.82 Å². The lowest BCUT2D eigenvalue weighted by molar-refractivity contribution is -0.138. The van der Waals surface area contributed by atoms with Gasteiger partial charge in [-0.25, -0.2) is 0 Å². The molecule has 0 spiro atoms. The molecule has 4 heterocycles. The van der Waals surface area contributed by atoms with E-state index in [0.717, 1.165) is 18.6 Å². The number of fused-ring (bicyclic) bond motifs is 3. The maximum absolute atomic E-state index is 11.3. The Morgan fingerprint density at radius 2 is 2.10 bits per heavy atom. The standard InChI is InChI=1S/C16H19N3O2/c1-18-14-10(3-2-4-11(14)13(17)16(20)21)12-9-5-7-19(8-6-9)15(12)18/h2-4,9,13H,5-8,17H2,1H3,(H,20,21). The van der Waals surface area contributed by atoms with Crippen LogP contribution in [-0.4, -0.2) is 28.7 Å². The number of anilines is 1. The van der Waals surface area contributed by atoms with Gasteiger partial charge in [0.15, 0.2) is 0 Å². The summed E-state index contributed by atoms with van der Waals surface area (Å²) in [5.74, 6) is 0.882. The Kier molecular flexibility index (Phi) is 2.57. The molecule has 1 saturated heterocycles. The van der Waals surface area contributed by atoms with Gasteiger partial charge >= 0.3 is 5.97 Å². The van der Waals surface area contributed by atoms with E-state index in [1.807, 2.05) is 19.2 Å². The van der Waals surface area contributed by atoms with Crippen LogP contribution in [0.5, 0.6) is 0 Å². The summed E-state index contributed by atoms with van der Waals surface area (Å²) in [6.07, 6.45) is 2.39. The maximum Gasteiger partial charge on any atom is 0.325 e. The van der Waals surface area contributed by atoms with Crippen molar-refractivity contribution < 1.29 is 9.90 Å². The van der Waals surface area contributed by atoms with Crippen LogP contribution < -0.4 is 10.6 Å². The highest BCUT2D eigenvalue weighted by Crippen LogP contribution is 2.48. The zero-order valence-corrected chi connectivity index (χ0v) is 12.0. The summed E-state index contributed by atoms with van der Waals surface area (Å²) in [4.78, 5) is 13.7. The molecular formula is C16H19N3O2. The lowest BCUT2D eigenvalue weighted by Crippen LogP contribution is -2.39. The molecule has 0 aliphatic carbocycles. The number of carboxylic acids is 1. The average Bonchev–Trinajstić information content (AvgIpc) is 2.83. The van der Waals surface area contributed by atoms with Crippen molar-refractivity contribution in [2.75, 3.05) is 18.0 Å². The molecule has 1 aromatic carbocycles. The minimum absolute atomic E-state index is 0.602. The van der Waals surface area contributed by atoms with Crippen molar-refractivity contribution in [1.29, 1.82) is 0 Å². The van der Waals surface area contributed by atoms with Gasteiger partial charge in [-0.1, -0.05) is 18.2 Å². The molecule has 2 aromatic rings. The fourth-order valence-electron chi connectivity index (χ4n) is 4.11. The van der Waals surface area contributed by atoms with Crippen molar-refractivity contribution >= 4 is 22.7 Å². The molecule has 5 heteroatoms. The fourth-order valence-corrected chi connectivity index (χ4v) is 4.11. The summed E-state index contributed by atoms with van der Waals surface area (Å²) in [6, 6.07) is 4.90. The van der Waals surface area contributed by atoms with Crippen molar-refractivity contribution in [3.05, 3.63) is 29.3 Å². The van der Waals surface area contributed by atoms with E-state index in [1.165, 1.54) is 29.6 Å². The van der Waals surface area contributed by atoms with Gasteiger partial charge in [-0.15, -0.1) is 0 Å². The zero-order valence-electron chi connectivity index (χ0n) is 12.0. The number of carboxylic acid groups (broad SMARTS) is 1. The van der Waals surface area contributed by atoms with Crippen molar-refractivity contribution in [3.63, 3.8) is 0 Å². The van der Waals surface area contributed by atoms with E-state index >= 15 is 0 Å². The number of hydrogen-bond donors (Lipinski definition) is 2. The van der Waals surface area contributed by atoms with E-state index in [2.05, 4.69) is 15.5 Å². The summed E-state index contributed by atoms with van der Waals surface area (Å²) in [6.45, 7) is 2.20. The number of rotatable bonds is 2. The molecule has 1 unspecified atom stereocenters. The first-order valence-corrected chi connectivity index (χ1v) is 7.44. The van der Waals surface area contributed by atoms with Crippen LogP contribution >= 0.6 is 0 Å². The molecule has 5 rings (SSSR count). The molecule has 3 aliphatic heterocycles. The van der Waals surface area contributed by atoms with E-state index in [0.29, 0.717) is 11.5 Å². The van der Waals surface area contributed by atoms with Gasteiger partial charge in [-0.2, -0.15) is 0 Å². The van der Waals surface area contributed by atoms with Crippen LogP contribution in [-0.2, 0) is 11.8 Å². The Labute approximate surface area is 122 Å². The third-order valence-electron chi connectivity index (χ3n) is 5.06. The average molecular weight is 285 g/mol. The van der Waals surface area contributed by atoms with Crippen molar-refractivity contribution in [1.82, 2.24) is 4.57 Å². The van der Waals surface area contributed by atoms with Crippen molar-refractivity contribution in [2.45, 2.75) is 24.8 Å². The summed E-state index contributed by atoms with van der Waals surface area (Å²) < 4.78 is 2.15. The number of aryl methyl sites for hydroxylation is 1. The van der Waals surface area contributed by atoms with Crippen molar-refractivity contribution in [2.24, 2.45) is 12.8 Å². The minimum Gasteiger partial charge on any atom is -0.480 e. The normalized spacial score (nSPS) is 19.0. The SMILES string of the molecule is Cn1c2c(c3cccc(C(N)C(=O)O)c31)C1CCN2CC1. The van der Waals surface area contributed by atoms with Crippen LogP contribution in [0.25, 0.3) is 10.9 Å². The van der Waals surface area contributed by atoms with Crippen LogP contribution in [0.2, 0.25) is 0 Å². The molecule has 3 aliphatic rings. The minimum atomic E-state index is -0.982. The van der Waals surface area contributed by atoms with Gasteiger partial charge in [0.05, 0.1) is 5.52 Å². The van der Waals surface area contributed by atoms with E-state index in [-0.39, 0.29) is 0 Å². The smallest absolute Gasteiger partial charge is 0.325 e. The predicted octanol–water partition coefficient (Wildman–Crippen LogP) is 1.96. The fraction of sp³-hybridized carbons (Fsp3) is 0.438. The van der Waals surface area contributed by atoms with Gasteiger partial charge < -0.3 is 20.3 Å². The topological polar surface area (TPSA) is 71.5 Å². The predicted molar refractivity (Wildman–Crippen MR) is 81.7 cm³/mol. The second-order valence-electron chi connectivity index (χ2n) is 6.12. The molecule has 2 bridgehead atoms. The van der Waals surface area contributed by atoms with Crippen LogP contribution in [0.3, 0.4) is 0 Å². The number of piperidine rings is 1. The number of para-hydroxylation sites is 1. The Balaban J connectivity index is 2.05. The summed E-state index contributed by atoms with van der Waals surface area (Å²) in [5, 5.41) is 10.4. The van der Waals surface area contributed by atoms with Gasteiger partial charge in [0.2, 0.25) is 0 Å². The van der Waals surface area contributed by atoms with E-state index in [1.54, 1.807) is 0 Å². The molecule has 1 atom stereocenters. The first-order valence-electron chi connectivity index (χ1n) is 7.44. The van der Waals surface area contributed by atoms with Crippen molar-refractivity contribution in [3.8, 4) is 0 Å². The Bertz CT molecular complexity index is 742.